The van der Waals surface area contributed by atoms with Crippen molar-refractivity contribution in [3.8, 4) is 0 Å². The van der Waals surface area contributed by atoms with Crippen molar-refractivity contribution in [2.75, 3.05) is 12.3 Å². The lowest BCUT2D eigenvalue weighted by atomic mass is 10.1. The van der Waals surface area contributed by atoms with Gasteiger partial charge in [-0.2, -0.15) is 11.8 Å². The van der Waals surface area contributed by atoms with Crippen LogP contribution in [0.4, 0.5) is 0 Å². The van der Waals surface area contributed by atoms with Crippen LogP contribution in [-0.4, -0.2) is 40.6 Å². The van der Waals surface area contributed by atoms with Gasteiger partial charge in [0.2, 0.25) is 0 Å². The molecule has 2 N–H and O–H groups in total. The van der Waals surface area contributed by atoms with Crippen molar-refractivity contribution in [3.63, 3.8) is 0 Å². The van der Waals surface area contributed by atoms with Gasteiger partial charge in [0.25, 0.3) is 0 Å². The van der Waals surface area contributed by atoms with Gasteiger partial charge in [0.05, 0.1) is 0 Å². The zero-order valence-electron chi connectivity index (χ0n) is 9.28. The molecule has 14 heavy (non-hydrogen) atoms. The Morgan fingerprint density at radius 1 is 1.29 bits per heavy atom. The molecule has 4 unspecified atom stereocenters. The highest BCUT2D eigenvalue weighted by Crippen LogP contribution is 2.31. The van der Waals surface area contributed by atoms with E-state index in [9.17, 15) is 0 Å². The molecule has 1 saturated carbocycles. The molecule has 0 amide bonds. The van der Waals surface area contributed by atoms with Crippen LogP contribution in [0, 0.1) is 0 Å². The van der Waals surface area contributed by atoms with E-state index in [2.05, 4.69) is 30.5 Å². The van der Waals surface area contributed by atoms with Crippen LogP contribution >= 0.6 is 11.8 Å². The largest absolute Gasteiger partial charge is 0.328 e. The monoisotopic (exact) mass is 214 g/mol. The highest BCUT2D eigenvalue weighted by atomic mass is 32.2. The minimum Gasteiger partial charge on any atom is -0.328 e. The first-order valence-electron chi connectivity index (χ1n) is 5.81. The summed E-state index contributed by atoms with van der Waals surface area (Å²) in [6, 6.07) is 1.99. The summed E-state index contributed by atoms with van der Waals surface area (Å²) >= 11 is 2.12. The smallest absolute Gasteiger partial charge is 0.0187 e. The van der Waals surface area contributed by atoms with Crippen LogP contribution < -0.4 is 5.73 Å². The molecule has 3 heteroatoms. The van der Waals surface area contributed by atoms with Crippen LogP contribution in [0.3, 0.4) is 0 Å². The summed E-state index contributed by atoms with van der Waals surface area (Å²) in [7, 11) is 0. The topological polar surface area (TPSA) is 29.3 Å². The number of thioether (sulfide) groups is 1. The molecule has 1 aliphatic carbocycles. The third kappa shape index (κ3) is 2.10. The van der Waals surface area contributed by atoms with E-state index < -0.39 is 0 Å². The van der Waals surface area contributed by atoms with Crippen molar-refractivity contribution in [2.45, 2.75) is 56.5 Å². The lowest BCUT2D eigenvalue weighted by molar-refractivity contribution is 0.148. The summed E-state index contributed by atoms with van der Waals surface area (Å²) < 4.78 is 0. The zero-order chi connectivity index (χ0) is 10.1. The Morgan fingerprint density at radius 2 is 2.07 bits per heavy atom. The molecule has 1 heterocycles. The number of rotatable bonds is 1. The maximum atomic E-state index is 5.98. The molecule has 0 spiro atoms. The summed E-state index contributed by atoms with van der Waals surface area (Å²) in [5.41, 5.74) is 5.98. The fourth-order valence-electron chi connectivity index (χ4n) is 2.76. The van der Waals surface area contributed by atoms with Gasteiger partial charge in [-0.25, -0.2) is 0 Å². The Bertz CT molecular complexity index is 198. The Kier molecular flexibility index (Phi) is 3.40. The van der Waals surface area contributed by atoms with E-state index in [4.69, 9.17) is 5.73 Å². The first-order valence-corrected chi connectivity index (χ1v) is 6.86. The van der Waals surface area contributed by atoms with E-state index in [0.29, 0.717) is 6.04 Å². The average molecular weight is 214 g/mol. The fraction of sp³-hybridized carbons (Fsp3) is 1.00. The second-order valence-corrected chi connectivity index (χ2v) is 6.27. The van der Waals surface area contributed by atoms with Gasteiger partial charge in [-0.3, -0.25) is 4.90 Å². The van der Waals surface area contributed by atoms with E-state index in [1.165, 1.54) is 31.6 Å². The first kappa shape index (κ1) is 10.8. The van der Waals surface area contributed by atoms with Crippen LogP contribution in [0.25, 0.3) is 0 Å². The second-order valence-electron chi connectivity index (χ2n) is 4.78. The maximum absolute atomic E-state index is 5.98. The molecule has 1 saturated heterocycles. The van der Waals surface area contributed by atoms with E-state index >= 15 is 0 Å². The highest BCUT2D eigenvalue weighted by molar-refractivity contribution is 8.00. The molecule has 1 aliphatic heterocycles. The molecule has 0 bridgehead atoms. The average Bonchev–Trinajstić information content (AvgIpc) is 2.57. The van der Waals surface area contributed by atoms with Gasteiger partial charge >= 0.3 is 0 Å². The van der Waals surface area contributed by atoms with Gasteiger partial charge < -0.3 is 5.73 Å². The minimum absolute atomic E-state index is 0.470. The molecule has 2 nitrogen and oxygen atoms in total. The lowest BCUT2D eigenvalue weighted by Crippen LogP contribution is -2.49. The zero-order valence-corrected chi connectivity index (χ0v) is 10.1. The van der Waals surface area contributed by atoms with Crippen LogP contribution in [0.5, 0.6) is 0 Å². The third-order valence-electron chi connectivity index (χ3n) is 3.85. The minimum atomic E-state index is 0.470. The number of hydrogen-bond acceptors (Lipinski definition) is 3. The number of nitrogens with two attached hydrogens (primary N) is 1. The Morgan fingerprint density at radius 3 is 2.71 bits per heavy atom. The summed E-state index contributed by atoms with van der Waals surface area (Å²) in [5.74, 6) is 1.30. The van der Waals surface area contributed by atoms with Gasteiger partial charge in [0.15, 0.2) is 0 Å². The molecular weight excluding hydrogens is 192 g/mol. The van der Waals surface area contributed by atoms with Gasteiger partial charge in [-0.15, -0.1) is 0 Å². The summed E-state index contributed by atoms with van der Waals surface area (Å²) in [4.78, 5) is 2.70. The SMILES string of the molecule is CC1SCCN(C2CCC(N)C2)C1C. The summed E-state index contributed by atoms with van der Waals surface area (Å²) in [6.07, 6.45) is 3.78. The molecular formula is C11H22N2S. The molecule has 4 atom stereocenters. The second kappa shape index (κ2) is 4.42. The van der Waals surface area contributed by atoms with Crippen molar-refractivity contribution in [1.82, 2.24) is 4.90 Å². The lowest BCUT2D eigenvalue weighted by Gasteiger charge is -2.41. The first-order chi connectivity index (χ1) is 6.68. The van der Waals surface area contributed by atoms with Crippen molar-refractivity contribution in [2.24, 2.45) is 5.73 Å². The predicted molar refractivity (Wildman–Crippen MR) is 63.7 cm³/mol. The molecule has 82 valence electrons. The van der Waals surface area contributed by atoms with Crippen molar-refractivity contribution in [1.29, 1.82) is 0 Å². The van der Waals surface area contributed by atoms with Crippen molar-refractivity contribution in [3.05, 3.63) is 0 Å². The van der Waals surface area contributed by atoms with Crippen molar-refractivity contribution >= 4 is 11.8 Å². The standard InChI is InChI=1S/C11H22N2S/c1-8-9(2)14-6-5-13(8)11-4-3-10(12)7-11/h8-11H,3-7,12H2,1-2H3. The third-order valence-corrected chi connectivity index (χ3v) is 5.19. The maximum Gasteiger partial charge on any atom is 0.0187 e. The quantitative estimate of drug-likeness (QED) is 0.720. The summed E-state index contributed by atoms with van der Waals surface area (Å²) in [5, 5.41) is 0.792. The Hall–Kier alpha value is 0.270. The Balaban J connectivity index is 1.95. The van der Waals surface area contributed by atoms with Crippen LogP contribution in [0.2, 0.25) is 0 Å². The van der Waals surface area contributed by atoms with E-state index in [1.54, 1.807) is 0 Å². The highest BCUT2D eigenvalue weighted by Gasteiger charge is 2.34. The Labute approximate surface area is 91.6 Å². The molecule has 0 aromatic rings. The number of nitrogens with zero attached hydrogens (tertiary/aromatic N) is 1. The van der Waals surface area contributed by atoms with E-state index in [-0.39, 0.29) is 0 Å². The predicted octanol–water partition coefficient (Wildman–Crippen LogP) is 1.69. The van der Waals surface area contributed by atoms with Crippen molar-refractivity contribution < 1.29 is 0 Å². The molecule has 0 aromatic heterocycles. The van der Waals surface area contributed by atoms with E-state index in [1.807, 2.05) is 0 Å². The molecule has 0 aromatic carbocycles. The molecule has 0 radical (unpaired) electrons. The molecule has 2 aliphatic rings. The van der Waals surface area contributed by atoms with Crippen LogP contribution in [-0.2, 0) is 0 Å². The van der Waals surface area contributed by atoms with Crippen LogP contribution in [0.1, 0.15) is 33.1 Å². The molecule has 2 fully saturated rings. The fourth-order valence-corrected chi connectivity index (χ4v) is 3.89. The normalized spacial score (nSPS) is 45.6. The van der Waals surface area contributed by atoms with Gasteiger partial charge in [0.1, 0.15) is 0 Å². The van der Waals surface area contributed by atoms with E-state index in [0.717, 1.165) is 17.3 Å². The molecule has 2 rings (SSSR count). The van der Waals surface area contributed by atoms with Gasteiger partial charge in [-0.05, 0) is 26.2 Å². The van der Waals surface area contributed by atoms with Gasteiger partial charge in [-0.1, -0.05) is 6.92 Å². The van der Waals surface area contributed by atoms with Gasteiger partial charge in [0, 0.05) is 35.7 Å². The van der Waals surface area contributed by atoms with Crippen LogP contribution in [0.15, 0.2) is 0 Å². The number of hydrogen-bond donors (Lipinski definition) is 1. The summed E-state index contributed by atoms with van der Waals surface area (Å²) in [6.45, 7) is 6.00.